The van der Waals surface area contributed by atoms with E-state index < -0.39 is 27.6 Å². The number of halogens is 3. The van der Waals surface area contributed by atoms with E-state index in [1.807, 2.05) is 0 Å². The van der Waals surface area contributed by atoms with Crippen molar-refractivity contribution in [3.05, 3.63) is 69.7 Å². The normalized spacial score (nSPS) is 11.6. The van der Waals surface area contributed by atoms with Crippen LogP contribution in [0.15, 0.2) is 36.4 Å². The van der Waals surface area contributed by atoms with E-state index in [2.05, 4.69) is 10.0 Å². The van der Waals surface area contributed by atoms with Crippen molar-refractivity contribution < 1.29 is 22.0 Å². The second-order valence-corrected chi connectivity index (χ2v) is 8.44. The predicted molar refractivity (Wildman–Crippen MR) is 99.9 cm³/mol. The van der Waals surface area contributed by atoms with Crippen LogP contribution >= 0.6 is 11.6 Å². The molecule has 0 heterocycles. The van der Waals surface area contributed by atoms with Crippen molar-refractivity contribution in [2.24, 2.45) is 0 Å². The quantitative estimate of drug-likeness (QED) is 0.679. The molecule has 0 aliphatic rings. The number of rotatable bonds is 7. The van der Waals surface area contributed by atoms with Gasteiger partial charge in [-0.05, 0) is 37.1 Å². The zero-order valence-corrected chi connectivity index (χ0v) is 16.3. The number of nitrogens with one attached hydrogen (secondary N) is 2. The zero-order valence-electron chi connectivity index (χ0n) is 14.7. The van der Waals surface area contributed by atoms with Gasteiger partial charge in [-0.2, -0.15) is 0 Å². The minimum atomic E-state index is -3.42. The Balaban J connectivity index is 1.99. The number of carbonyl (C=O) groups is 1. The molecular weight excluding hydrogens is 398 g/mol. The Morgan fingerprint density at radius 3 is 2.22 bits per heavy atom. The number of benzene rings is 2. The first-order valence-corrected chi connectivity index (χ1v) is 10.1. The molecule has 2 rings (SSSR count). The summed E-state index contributed by atoms with van der Waals surface area (Å²) in [7, 11) is -3.42. The van der Waals surface area contributed by atoms with Crippen LogP contribution in [0.3, 0.4) is 0 Å². The van der Waals surface area contributed by atoms with Crippen LogP contribution in [0.4, 0.5) is 8.78 Å². The van der Waals surface area contributed by atoms with Crippen molar-refractivity contribution in [2.45, 2.75) is 32.2 Å². The van der Waals surface area contributed by atoms with E-state index in [1.54, 1.807) is 38.1 Å². The topological polar surface area (TPSA) is 75.3 Å². The second kappa shape index (κ2) is 8.77. The molecule has 0 saturated carbocycles. The molecule has 2 N–H and O–H groups in total. The maximum Gasteiger partial charge on any atom is 0.253 e. The van der Waals surface area contributed by atoms with Crippen LogP contribution in [0.5, 0.6) is 0 Å². The van der Waals surface area contributed by atoms with Crippen LogP contribution in [-0.4, -0.2) is 20.4 Å². The number of carbonyl (C=O) groups excluding carboxylic acids is 1. The summed E-state index contributed by atoms with van der Waals surface area (Å²) in [6.07, 6.45) is 0. The molecule has 0 aliphatic carbocycles. The molecular formula is C18H19ClF2N2O3S. The zero-order chi connectivity index (χ0) is 20.2. The number of hydrogen-bond donors (Lipinski definition) is 2. The van der Waals surface area contributed by atoms with E-state index in [0.717, 1.165) is 12.1 Å². The van der Waals surface area contributed by atoms with E-state index in [4.69, 9.17) is 11.6 Å². The molecule has 5 nitrogen and oxygen atoms in total. The standard InChI is InChI=1S/C18H19ClF2N2O3S/c1-11(2)23-27(25,26)10-13-5-3-12(4-6-13)9-22-18(24)14-7-16(20)17(21)8-15(14)19/h3-8,11,23H,9-10H2,1-2H3,(H,22,24). The second-order valence-electron chi connectivity index (χ2n) is 6.28. The predicted octanol–water partition coefficient (Wildman–Crippen LogP) is 3.38. The molecule has 0 unspecified atom stereocenters. The lowest BCUT2D eigenvalue weighted by Gasteiger charge is -2.10. The fourth-order valence-corrected chi connectivity index (χ4v) is 4.02. The largest absolute Gasteiger partial charge is 0.348 e. The van der Waals surface area contributed by atoms with E-state index >= 15 is 0 Å². The Labute approximate surface area is 161 Å². The van der Waals surface area contributed by atoms with Gasteiger partial charge in [0.15, 0.2) is 11.6 Å². The molecule has 0 atom stereocenters. The summed E-state index contributed by atoms with van der Waals surface area (Å²) in [5.74, 6) is -3.09. The monoisotopic (exact) mass is 416 g/mol. The molecule has 0 radical (unpaired) electrons. The summed E-state index contributed by atoms with van der Waals surface area (Å²) in [6, 6.07) is 7.93. The Hall–Kier alpha value is -2.03. The summed E-state index contributed by atoms with van der Waals surface area (Å²) in [5, 5.41) is 2.36. The molecule has 1 amide bonds. The first kappa shape index (κ1) is 21.3. The lowest BCUT2D eigenvalue weighted by molar-refractivity contribution is 0.0950. The summed E-state index contributed by atoms with van der Waals surface area (Å²) in [5.41, 5.74) is 1.14. The maximum absolute atomic E-state index is 13.3. The Morgan fingerprint density at radius 2 is 1.63 bits per heavy atom. The van der Waals surface area contributed by atoms with Crippen LogP contribution in [-0.2, 0) is 22.3 Å². The third kappa shape index (κ3) is 6.27. The third-order valence-corrected chi connectivity index (χ3v) is 5.36. The lowest BCUT2D eigenvalue weighted by Crippen LogP contribution is -2.31. The summed E-state index contributed by atoms with van der Waals surface area (Å²) < 4.78 is 52.7. The first-order valence-electron chi connectivity index (χ1n) is 8.08. The fourth-order valence-electron chi connectivity index (χ4n) is 2.35. The highest BCUT2D eigenvalue weighted by atomic mass is 35.5. The summed E-state index contributed by atoms with van der Waals surface area (Å²) in [4.78, 5) is 12.1. The molecule has 0 saturated heterocycles. The Kier molecular flexibility index (Phi) is 6.91. The number of sulfonamides is 1. The molecule has 146 valence electrons. The molecule has 27 heavy (non-hydrogen) atoms. The Bertz CT molecular complexity index is 932. The fraction of sp³-hybridized carbons (Fsp3) is 0.278. The van der Waals surface area contributed by atoms with Crippen LogP contribution in [0.2, 0.25) is 5.02 Å². The number of hydrogen-bond acceptors (Lipinski definition) is 3. The summed E-state index contributed by atoms with van der Waals surface area (Å²) >= 11 is 5.77. The van der Waals surface area contributed by atoms with Gasteiger partial charge in [0.1, 0.15) is 0 Å². The lowest BCUT2D eigenvalue weighted by atomic mass is 10.1. The van der Waals surface area contributed by atoms with Crippen molar-refractivity contribution >= 4 is 27.5 Å². The first-order chi connectivity index (χ1) is 12.6. The van der Waals surface area contributed by atoms with Gasteiger partial charge in [0.05, 0.1) is 16.3 Å². The van der Waals surface area contributed by atoms with Crippen LogP contribution in [0, 0.1) is 11.6 Å². The van der Waals surface area contributed by atoms with Crippen LogP contribution in [0.1, 0.15) is 35.3 Å². The smallest absolute Gasteiger partial charge is 0.253 e. The highest BCUT2D eigenvalue weighted by molar-refractivity contribution is 7.88. The molecule has 0 spiro atoms. The maximum atomic E-state index is 13.3. The van der Waals surface area contributed by atoms with Gasteiger partial charge >= 0.3 is 0 Å². The van der Waals surface area contributed by atoms with Gasteiger partial charge in [0.2, 0.25) is 10.0 Å². The SMILES string of the molecule is CC(C)NS(=O)(=O)Cc1ccc(CNC(=O)c2cc(F)c(F)cc2Cl)cc1. The highest BCUT2D eigenvalue weighted by Crippen LogP contribution is 2.20. The molecule has 0 aromatic heterocycles. The third-order valence-electron chi connectivity index (χ3n) is 3.50. The molecule has 0 aliphatic heterocycles. The van der Waals surface area contributed by atoms with E-state index in [0.29, 0.717) is 11.1 Å². The molecule has 2 aromatic rings. The van der Waals surface area contributed by atoms with Gasteiger partial charge in [-0.1, -0.05) is 35.9 Å². The van der Waals surface area contributed by atoms with Crippen molar-refractivity contribution in [1.29, 1.82) is 0 Å². The van der Waals surface area contributed by atoms with Gasteiger partial charge in [-0.15, -0.1) is 0 Å². The van der Waals surface area contributed by atoms with E-state index in [-0.39, 0.29) is 28.9 Å². The Morgan fingerprint density at radius 1 is 1.07 bits per heavy atom. The highest BCUT2D eigenvalue weighted by Gasteiger charge is 2.15. The minimum Gasteiger partial charge on any atom is -0.348 e. The molecule has 0 fully saturated rings. The summed E-state index contributed by atoms with van der Waals surface area (Å²) in [6.45, 7) is 3.59. The van der Waals surface area contributed by atoms with Crippen molar-refractivity contribution in [3.8, 4) is 0 Å². The average molecular weight is 417 g/mol. The van der Waals surface area contributed by atoms with Crippen LogP contribution < -0.4 is 10.0 Å². The van der Waals surface area contributed by atoms with E-state index in [9.17, 15) is 22.0 Å². The van der Waals surface area contributed by atoms with Crippen LogP contribution in [0.25, 0.3) is 0 Å². The van der Waals surface area contributed by atoms with Gasteiger partial charge in [-0.3, -0.25) is 4.79 Å². The van der Waals surface area contributed by atoms with Crippen molar-refractivity contribution in [3.63, 3.8) is 0 Å². The molecule has 0 bridgehead atoms. The van der Waals surface area contributed by atoms with Gasteiger partial charge in [-0.25, -0.2) is 21.9 Å². The van der Waals surface area contributed by atoms with Crippen molar-refractivity contribution in [2.75, 3.05) is 0 Å². The van der Waals surface area contributed by atoms with Gasteiger partial charge < -0.3 is 5.32 Å². The van der Waals surface area contributed by atoms with Crippen molar-refractivity contribution in [1.82, 2.24) is 10.0 Å². The average Bonchev–Trinajstić information content (AvgIpc) is 2.55. The van der Waals surface area contributed by atoms with Gasteiger partial charge in [0.25, 0.3) is 5.91 Å². The van der Waals surface area contributed by atoms with E-state index in [1.165, 1.54) is 0 Å². The molecule has 9 heteroatoms. The number of amides is 1. The minimum absolute atomic E-state index is 0.116. The molecule has 2 aromatic carbocycles. The van der Waals surface area contributed by atoms with Gasteiger partial charge in [0, 0.05) is 12.6 Å².